The van der Waals surface area contributed by atoms with E-state index in [1.54, 1.807) is 22.7 Å². The van der Waals surface area contributed by atoms with E-state index in [4.69, 9.17) is 0 Å². The summed E-state index contributed by atoms with van der Waals surface area (Å²) in [6, 6.07) is -0.0157. The van der Waals surface area contributed by atoms with Gasteiger partial charge in [0.1, 0.15) is 0 Å². The summed E-state index contributed by atoms with van der Waals surface area (Å²) < 4.78 is 0. The largest absolute Gasteiger partial charge is 0.323 e. The van der Waals surface area contributed by atoms with Crippen LogP contribution in [0.2, 0.25) is 0 Å². The zero-order valence-electron chi connectivity index (χ0n) is 15.2. The lowest BCUT2D eigenvalue weighted by molar-refractivity contribution is 0.142. The van der Waals surface area contributed by atoms with Gasteiger partial charge in [-0.25, -0.2) is 14.8 Å². The number of piperazine rings is 1. The van der Waals surface area contributed by atoms with Crippen LogP contribution in [0.4, 0.5) is 9.93 Å². The van der Waals surface area contributed by atoms with Crippen LogP contribution in [0.3, 0.4) is 0 Å². The SMILES string of the molecule is Cc1nc(CN2CCN(C(=O)Nc3nc4c(s3)CCCCC4)CC2)cs1. The van der Waals surface area contributed by atoms with Gasteiger partial charge in [0.15, 0.2) is 5.13 Å². The van der Waals surface area contributed by atoms with Gasteiger partial charge in [0, 0.05) is 43.0 Å². The van der Waals surface area contributed by atoms with Gasteiger partial charge in [0.05, 0.1) is 16.4 Å². The predicted octanol–water partition coefficient (Wildman–Crippen LogP) is 3.53. The van der Waals surface area contributed by atoms with Crippen molar-refractivity contribution in [1.29, 1.82) is 0 Å². The van der Waals surface area contributed by atoms with Gasteiger partial charge in [0.2, 0.25) is 0 Å². The Morgan fingerprint density at radius 2 is 1.96 bits per heavy atom. The number of carbonyl (C=O) groups is 1. The summed E-state index contributed by atoms with van der Waals surface area (Å²) in [5, 5.41) is 7.03. The molecule has 1 aliphatic heterocycles. The van der Waals surface area contributed by atoms with Crippen LogP contribution in [0.5, 0.6) is 0 Å². The zero-order chi connectivity index (χ0) is 17.9. The maximum absolute atomic E-state index is 12.6. The first-order valence-electron chi connectivity index (χ1n) is 9.35. The molecule has 26 heavy (non-hydrogen) atoms. The number of amides is 2. The molecule has 3 heterocycles. The quantitative estimate of drug-likeness (QED) is 0.813. The lowest BCUT2D eigenvalue weighted by Gasteiger charge is -2.34. The first kappa shape index (κ1) is 17.9. The van der Waals surface area contributed by atoms with Gasteiger partial charge in [-0.2, -0.15) is 0 Å². The average molecular weight is 392 g/mol. The van der Waals surface area contributed by atoms with Crippen LogP contribution in [0.15, 0.2) is 5.38 Å². The van der Waals surface area contributed by atoms with Crippen molar-refractivity contribution in [3.63, 3.8) is 0 Å². The molecule has 140 valence electrons. The molecule has 4 rings (SSSR count). The summed E-state index contributed by atoms with van der Waals surface area (Å²) in [5.41, 5.74) is 2.33. The summed E-state index contributed by atoms with van der Waals surface area (Å²) in [4.78, 5) is 27.4. The molecule has 0 spiro atoms. The molecule has 0 bridgehead atoms. The number of nitrogens with one attached hydrogen (secondary N) is 1. The number of carbonyl (C=O) groups excluding carboxylic acids is 1. The number of hydrogen-bond donors (Lipinski definition) is 1. The molecule has 0 radical (unpaired) electrons. The van der Waals surface area contributed by atoms with E-state index in [9.17, 15) is 4.79 Å². The second-order valence-electron chi connectivity index (χ2n) is 7.00. The molecule has 0 unspecified atom stereocenters. The highest BCUT2D eigenvalue weighted by Gasteiger charge is 2.23. The lowest BCUT2D eigenvalue weighted by Crippen LogP contribution is -2.49. The molecule has 0 aromatic carbocycles. The normalized spacial score (nSPS) is 18.4. The fraction of sp³-hybridized carbons (Fsp3) is 0.611. The van der Waals surface area contributed by atoms with Gasteiger partial charge in [-0.15, -0.1) is 22.7 Å². The number of thiazole rings is 2. The minimum atomic E-state index is -0.0157. The van der Waals surface area contributed by atoms with Crippen LogP contribution in [0.1, 0.15) is 40.5 Å². The van der Waals surface area contributed by atoms with E-state index in [1.807, 2.05) is 11.8 Å². The van der Waals surface area contributed by atoms with E-state index in [-0.39, 0.29) is 6.03 Å². The molecule has 1 fully saturated rings. The zero-order valence-corrected chi connectivity index (χ0v) is 16.8. The Hall–Kier alpha value is -1.51. The number of aryl methyl sites for hydroxylation is 3. The molecule has 1 N–H and O–H groups in total. The number of fused-ring (bicyclic) bond motifs is 1. The van der Waals surface area contributed by atoms with Crippen molar-refractivity contribution in [2.24, 2.45) is 0 Å². The van der Waals surface area contributed by atoms with Crippen LogP contribution < -0.4 is 5.32 Å². The monoisotopic (exact) mass is 391 g/mol. The van der Waals surface area contributed by atoms with Crippen molar-refractivity contribution in [3.8, 4) is 0 Å². The van der Waals surface area contributed by atoms with Gasteiger partial charge >= 0.3 is 6.03 Å². The third-order valence-corrected chi connectivity index (χ3v) is 6.92. The second kappa shape index (κ2) is 8.02. The Morgan fingerprint density at radius 1 is 1.15 bits per heavy atom. The summed E-state index contributed by atoms with van der Waals surface area (Å²) in [6.07, 6.45) is 5.90. The van der Waals surface area contributed by atoms with Crippen LogP contribution in [0.25, 0.3) is 0 Å². The second-order valence-corrected chi connectivity index (χ2v) is 9.15. The molecule has 2 aromatic rings. The molecule has 8 heteroatoms. The number of aromatic nitrogens is 2. The van der Waals surface area contributed by atoms with Gasteiger partial charge < -0.3 is 4.90 Å². The molecule has 1 aliphatic carbocycles. The highest BCUT2D eigenvalue weighted by Crippen LogP contribution is 2.29. The molecular formula is C18H25N5OS2. The minimum Gasteiger partial charge on any atom is -0.322 e. The Labute approximate surface area is 162 Å². The molecule has 6 nitrogen and oxygen atoms in total. The smallest absolute Gasteiger partial charge is 0.322 e. The van der Waals surface area contributed by atoms with E-state index >= 15 is 0 Å². The molecular weight excluding hydrogens is 366 g/mol. The number of anilines is 1. The number of nitrogens with zero attached hydrogens (tertiary/aromatic N) is 4. The van der Waals surface area contributed by atoms with E-state index < -0.39 is 0 Å². The number of rotatable bonds is 3. The summed E-state index contributed by atoms with van der Waals surface area (Å²) in [5.74, 6) is 0. The fourth-order valence-electron chi connectivity index (χ4n) is 3.57. The van der Waals surface area contributed by atoms with Crippen LogP contribution in [-0.4, -0.2) is 52.0 Å². The summed E-state index contributed by atoms with van der Waals surface area (Å²) in [6.45, 7) is 6.18. The standard InChI is InChI=1S/C18H25N5OS2/c1-13-19-14(12-25-13)11-22-7-9-23(10-8-22)18(24)21-17-20-15-5-3-2-4-6-16(15)26-17/h12H,2-11H2,1H3,(H,20,21,24). The summed E-state index contributed by atoms with van der Waals surface area (Å²) >= 11 is 3.35. The Morgan fingerprint density at radius 3 is 2.73 bits per heavy atom. The van der Waals surface area contributed by atoms with Crippen molar-refractivity contribution in [2.75, 3.05) is 31.5 Å². The van der Waals surface area contributed by atoms with Crippen LogP contribution >= 0.6 is 22.7 Å². The van der Waals surface area contributed by atoms with Crippen molar-refractivity contribution in [2.45, 2.75) is 45.6 Å². The number of urea groups is 1. The van der Waals surface area contributed by atoms with Crippen LogP contribution in [-0.2, 0) is 19.4 Å². The third kappa shape index (κ3) is 4.24. The topological polar surface area (TPSA) is 61.4 Å². The van der Waals surface area contributed by atoms with Crippen molar-refractivity contribution in [3.05, 3.63) is 26.7 Å². The van der Waals surface area contributed by atoms with Crippen molar-refractivity contribution >= 4 is 33.8 Å². The van der Waals surface area contributed by atoms with Gasteiger partial charge in [-0.05, 0) is 32.6 Å². The fourth-order valence-corrected chi connectivity index (χ4v) is 5.22. The van der Waals surface area contributed by atoms with E-state index in [1.165, 1.54) is 29.8 Å². The van der Waals surface area contributed by atoms with Crippen LogP contribution in [0, 0.1) is 6.92 Å². The van der Waals surface area contributed by atoms with Gasteiger partial charge in [0.25, 0.3) is 0 Å². The maximum Gasteiger partial charge on any atom is 0.323 e. The maximum atomic E-state index is 12.6. The average Bonchev–Trinajstić information content (AvgIpc) is 3.14. The summed E-state index contributed by atoms with van der Waals surface area (Å²) in [7, 11) is 0. The first-order valence-corrected chi connectivity index (χ1v) is 11.0. The van der Waals surface area contributed by atoms with Crippen molar-refractivity contribution < 1.29 is 4.79 Å². The Balaban J connectivity index is 1.28. The van der Waals surface area contributed by atoms with Crippen molar-refractivity contribution in [1.82, 2.24) is 19.8 Å². The molecule has 0 atom stereocenters. The molecule has 2 aromatic heterocycles. The number of hydrogen-bond acceptors (Lipinski definition) is 6. The highest BCUT2D eigenvalue weighted by molar-refractivity contribution is 7.15. The Kier molecular flexibility index (Phi) is 5.52. The third-order valence-electron chi connectivity index (χ3n) is 5.02. The first-order chi connectivity index (χ1) is 12.7. The molecule has 2 aliphatic rings. The van der Waals surface area contributed by atoms with E-state index in [2.05, 4.69) is 25.6 Å². The molecule has 2 amide bonds. The Bertz CT molecular complexity index is 740. The molecule has 0 saturated carbocycles. The minimum absolute atomic E-state index is 0.0157. The highest BCUT2D eigenvalue weighted by atomic mass is 32.1. The van der Waals surface area contributed by atoms with Gasteiger partial charge in [-0.1, -0.05) is 6.42 Å². The lowest BCUT2D eigenvalue weighted by atomic mass is 10.2. The van der Waals surface area contributed by atoms with E-state index in [0.717, 1.165) is 61.4 Å². The van der Waals surface area contributed by atoms with E-state index in [0.29, 0.717) is 0 Å². The molecule has 1 saturated heterocycles. The predicted molar refractivity (Wildman–Crippen MR) is 106 cm³/mol. The van der Waals surface area contributed by atoms with Gasteiger partial charge in [-0.3, -0.25) is 10.2 Å².